The van der Waals surface area contributed by atoms with Crippen LogP contribution in [-0.4, -0.2) is 5.71 Å². The van der Waals surface area contributed by atoms with Crippen molar-refractivity contribution in [1.29, 1.82) is 5.41 Å². The fourth-order valence-electron chi connectivity index (χ4n) is 0.994. The second kappa shape index (κ2) is 6.79. The molecule has 0 spiro atoms. The van der Waals surface area contributed by atoms with Gasteiger partial charge in [0.2, 0.25) is 0 Å². The number of unbranched alkanes of at least 4 members (excludes halogenated alkanes) is 4. The van der Waals surface area contributed by atoms with Crippen molar-refractivity contribution in [3.63, 3.8) is 0 Å². The molecule has 0 bridgehead atoms. The lowest BCUT2D eigenvalue weighted by Gasteiger charge is -1.97. The highest BCUT2D eigenvalue weighted by Gasteiger charge is 1.89. The Morgan fingerprint density at radius 1 is 1.10 bits per heavy atom. The van der Waals surface area contributed by atoms with E-state index in [1.165, 1.54) is 32.1 Å². The first-order chi connectivity index (χ1) is 4.77. The zero-order valence-corrected chi connectivity index (χ0v) is 7.24. The molecule has 0 amide bonds. The van der Waals surface area contributed by atoms with Crippen LogP contribution < -0.4 is 0 Å². The summed E-state index contributed by atoms with van der Waals surface area (Å²) in [5.74, 6) is 0. The normalized spacial score (nSPS) is 9.80. The van der Waals surface area contributed by atoms with Crippen LogP contribution in [0.2, 0.25) is 0 Å². The number of nitrogens with one attached hydrogen (secondary N) is 1. The Morgan fingerprint density at radius 3 is 2.20 bits per heavy atom. The third-order valence-corrected chi connectivity index (χ3v) is 1.66. The lowest BCUT2D eigenvalue weighted by molar-refractivity contribution is 0.642. The van der Waals surface area contributed by atoms with E-state index in [1.54, 1.807) is 0 Å². The highest BCUT2D eigenvalue weighted by Crippen LogP contribution is 2.04. The molecular weight excluding hydrogens is 122 g/mol. The summed E-state index contributed by atoms with van der Waals surface area (Å²) in [4.78, 5) is 0. The summed E-state index contributed by atoms with van der Waals surface area (Å²) in [5.41, 5.74) is 0.830. The number of rotatable bonds is 6. The van der Waals surface area contributed by atoms with Crippen molar-refractivity contribution in [1.82, 2.24) is 0 Å². The third kappa shape index (κ3) is 7.67. The first-order valence-corrected chi connectivity index (χ1v) is 4.31. The van der Waals surface area contributed by atoms with E-state index < -0.39 is 0 Å². The van der Waals surface area contributed by atoms with Gasteiger partial charge in [0.15, 0.2) is 0 Å². The molecule has 0 unspecified atom stereocenters. The molecule has 1 N–H and O–H groups in total. The van der Waals surface area contributed by atoms with Crippen molar-refractivity contribution in [3.8, 4) is 0 Å². The molecule has 0 aliphatic rings. The lowest BCUT2D eigenvalue weighted by atomic mass is 10.1. The van der Waals surface area contributed by atoms with E-state index in [9.17, 15) is 0 Å². The van der Waals surface area contributed by atoms with Gasteiger partial charge in [-0.1, -0.05) is 32.6 Å². The molecule has 0 aromatic rings. The van der Waals surface area contributed by atoms with E-state index in [0.717, 1.165) is 12.1 Å². The predicted octanol–water partition coefficient (Wildman–Crippen LogP) is 3.39. The maximum atomic E-state index is 7.17. The maximum Gasteiger partial charge on any atom is 0.00582 e. The van der Waals surface area contributed by atoms with Crippen molar-refractivity contribution in [3.05, 3.63) is 0 Å². The van der Waals surface area contributed by atoms with Crippen LogP contribution in [0.1, 0.15) is 52.4 Å². The standard InChI is InChI=1S/C9H19N/c1-3-4-5-6-7-8-9(2)10/h10H,3-8H2,1-2H3. The van der Waals surface area contributed by atoms with Gasteiger partial charge in [0, 0.05) is 5.71 Å². The maximum absolute atomic E-state index is 7.17. The average molecular weight is 141 g/mol. The second-order valence-electron chi connectivity index (χ2n) is 2.94. The summed E-state index contributed by atoms with van der Waals surface area (Å²) in [6.07, 6.45) is 7.55. The van der Waals surface area contributed by atoms with Crippen molar-refractivity contribution in [2.45, 2.75) is 52.4 Å². The molecule has 0 aromatic heterocycles. The number of hydrogen-bond acceptors (Lipinski definition) is 1. The molecular formula is C9H19N. The highest BCUT2D eigenvalue weighted by atomic mass is 14.4. The molecule has 1 heteroatoms. The van der Waals surface area contributed by atoms with Crippen molar-refractivity contribution in [2.24, 2.45) is 0 Å². The van der Waals surface area contributed by atoms with Gasteiger partial charge < -0.3 is 5.41 Å². The Balaban J connectivity index is 2.84. The summed E-state index contributed by atoms with van der Waals surface area (Å²) in [5, 5.41) is 7.17. The molecule has 0 atom stereocenters. The van der Waals surface area contributed by atoms with Gasteiger partial charge in [-0.15, -0.1) is 0 Å². The highest BCUT2D eigenvalue weighted by molar-refractivity contribution is 5.78. The van der Waals surface area contributed by atoms with E-state index in [-0.39, 0.29) is 0 Å². The van der Waals surface area contributed by atoms with Crippen LogP contribution in [0.15, 0.2) is 0 Å². The van der Waals surface area contributed by atoms with E-state index in [4.69, 9.17) is 5.41 Å². The molecule has 1 nitrogen and oxygen atoms in total. The summed E-state index contributed by atoms with van der Waals surface area (Å²) >= 11 is 0. The molecule has 0 aliphatic heterocycles. The van der Waals surface area contributed by atoms with Gasteiger partial charge in [-0.25, -0.2) is 0 Å². The minimum Gasteiger partial charge on any atom is -0.310 e. The summed E-state index contributed by atoms with van der Waals surface area (Å²) in [7, 11) is 0. The predicted molar refractivity (Wildman–Crippen MR) is 46.8 cm³/mol. The molecule has 0 aromatic carbocycles. The average Bonchev–Trinajstić information content (AvgIpc) is 1.87. The first-order valence-electron chi connectivity index (χ1n) is 4.31. The molecule has 0 aliphatic carbocycles. The van der Waals surface area contributed by atoms with Gasteiger partial charge >= 0.3 is 0 Å². The Morgan fingerprint density at radius 2 is 1.70 bits per heavy atom. The summed E-state index contributed by atoms with van der Waals surface area (Å²) in [6.45, 7) is 4.11. The molecule has 0 saturated heterocycles. The van der Waals surface area contributed by atoms with Crippen molar-refractivity contribution < 1.29 is 0 Å². The largest absolute Gasteiger partial charge is 0.310 e. The summed E-state index contributed by atoms with van der Waals surface area (Å²) < 4.78 is 0. The van der Waals surface area contributed by atoms with E-state index >= 15 is 0 Å². The van der Waals surface area contributed by atoms with Crippen LogP contribution in [-0.2, 0) is 0 Å². The molecule has 0 radical (unpaired) electrons. The van der Waals surface area contributed by atoms with Gasteiger partial charge in [0.25, 0.3) is 0 Å². The first kappa shape index (κ1) is 9.67. The topological polar surface area (TPSA) is 23.9 Å². The Bertz CT molecular complexity index is 86.7. The minimum absolute atomic E-state index is 0.830. The quantitative estimate of drug-likeness (QED) is 0.433. The zero-order valence-electron chi connectivity index (χ0n) is 7.24. The zero-order chi connectivity index (χ0) is 7.82. The Kier molecular flexibility index (Phi) is 6.56. The number of hydrogen-bond donors (Lipinski definition) is 1. The van der Waals surface area contributed by atoms with Crippen LogP contribution in [0.25, 0.3) is 0 Å². The van der Waals surface area contributed by atoms with Crippen molar-refractivity contribution >= 4 is 5.71 Å². The lowest BCUT2D eigenvalue weighted by Crippen LogP contribution is -1.87. The monoisotopic (exact) mass is 141 g/mol. The smallest absolute Gasteiger partial charge is 0.00582 e. The van der Waals surface area contributed by atoms with E-state index in [0.29, 0.717) is 0 Å². The van der Waals surface area contributed by atoms with Gasteiger partial charge in [-0.05, 0) is 19.8 Å². The van der Waals surface area contributed by atoms with Crippen LogP contribution in [0.5, 0.6) is 0 Å². The SMILES string of the molecule is CCCCCCCC(C)=N. The van der Waals surface area contributed by atoms with Gasteiger partial charge in [-0.2, -0.15) is 0 Å². The van der Waals surface area contributed by atoms with Gasteiger partial charge in [0.05, 0.1) is 0 Å². The fourth-order valence-corrected chi connectivity index (χ4v) is 0.994. The Labute approximate surface area is 64.3 Å². The van der Waals surface area contributed by atoms with Crippen molar-refractivity contribution in [2.75, 3.05) is 0 Å². The fraction of sp³-hybridized carbons (Fsp3) is 0.889. The van der Waals surface area contributed by atoms with Crippen LogP contribution >= 0.6 is 0 Å². The van der Waals surface area contributed by atoms with Gasteiger partial charge in [-0.3, -0.25) is 0 Å². The van der Waals surface area contributed by atoms with Crippen LogP contribution in [0.4, 0.5) is 0 Å². The Hall–Kier alpha value is -0.330. The molecule has 10 heavy (non-hydrogen) atoms. The van der Waals surface area contributed by atoms with Gasteiger partial charge in [0.1, 0.15) is 0 Å². The van der Waals surface area contributed by atoms with E-state index in [1.807, 2.05) is 6.92 Å². The summed E-state index contributed by atoms with van der Waals surface area (Å²) in [6, 6.07) is 0. The molecule has 0 rings (SSSR count). The minimum atomic E-state index is 0.830. The second-order valence-corrected chi connectivity index (χ2v) is 2.94. The van der Waals surface area contributed by atoms with Crippen LogP contribution in [0.3, 0.4) is 0 Å². The van der Waals surface area contributed by atoms with Crippen LogP contribution in [0, 0.1) is 5.41 Å². The molecule has 60 valence electrons. The molecule has 0 heterocycles. The molecule has 0 fully saturated rings. The third-order valence-electron chi connectivity index (χ3n) is 1.66. The van der Waals surface area contributed by atoms with E-state index in [2.05, 4.69) is 6.92 Å². The molecule has 0 saturated carbocycles.